The number of methoxy groups -OCH3 is 1. The lowest BCUT2D eigenvalue weighted by Crippen LogP contribution is -2.76. The van der Waals surface area contributed by atoms with Crippen LogP contribution >= 0.6 is 0 Å². The molecule has 1 aromatic rings. The van der Waals surface area contributed by atoms with E-state index in [4.69, 9.17) is 10.5 Å². The second kappa shape index (κ2) is 12.1. The van der Waals surface area contributed by atoms with Crippen LogP contribution in [-0.2, 0) is 14.6 Å². The number of benzene rings is 1. The molecule has 234 valence electrons. The molecule has 2 fully saturated rings. The van der Waals surface area contributed by atoms with Crippen molar-refractivity contribution in [2.75, 3.05) is 51.4 Å². The molecular weight excluding hydrogens is 556 g/mol. The van der Waals surface area contributed by atoms with Crippen molar-refractivity contribution in [1.29, 1.82) is 0 Å². The first kappa shape index (κ1) is 30.7. The number of anilines is 1. The summed E-state index contributed by atoms with van der Waals surface area (Å²) in [5, 5.41) is 13.0. The molecule has 0 aromatic heterocycles. The van der Waals surface area contributed by atoms with E-state index in [9.17, 15) is 13.2 Å². The average molecular weight is 605 g/mol. The van der Waals surface area contributed by atoms with Crippen LogP contribution < -0.4 is 31.7 Å². The summed E-state index contributed by atoms with van der Waals surface area (Å²) in [5.41, 5.74) is 7.81. The molecule has 4 aliphatic rings. The Kier molecular flexibility index (Phi) is 8.85. The molecule has 0 radical (unpaired) electrons. The molecule has 0 spiro atoms. The fraction of sp³-hybridized carbons (Fsp3) is 0.690. The van der Waals surface area contributed by atoms with E-state index in [2.05, 4.69) is 51.8 Å². The van der Waals surface area contributed by atoms with Crippen molar-refractivity contribution in [2.24, 2.45) is 5.73 Å². The van der Waals surface area contributed by atoms with Crippen molar-refractivity contribution >= 4 is 21.4 Å². The van der Waals surface area contributed by atoms with E-state index in [1.165, 1.54) is 26.0 Å². The Hall–Kier alpha value is -2.74. The van der Waals surface area contributed by atoms with Crippen LogP contribution in [0.1, 0.15) is 52.9 Å². The highest BCUT2D eigenvalue weighted by Gasteiger charge is 2.46. The molecule has 1 aromatic carbocycles. The van der Waals surface area contributed by atoms with Gasteiger partial charge in [-0.05, 0) is 45.2 Å². The summed E-state index contributed by atoms with van der Waals surface area (Å²) in [6.45, 7) is 9.25. The first-order chi connectivity index (χ1) is 19.9. The van der Waals surface area contributed by atoms with E-state index < -0.39 is 15.7 Å². The predicted molar refractivity (Wildman–Crippen MR) is 163 cm³/mol. The maximum absolute atomic E-state index is 13.5. The zero-order chi connectivity index (χ0) is 30.2. The third-order valence-corrected chi connectivity index (χ3v) is 10.6. The lowest BCUT2D eigenvalue weighted by molar-refractivity contribution is -0.123. The Morgan fingerprint density at radius 2 is 1.81 bits per heavy atom. The lowest BCUT2D eigenvalue weighted by Gasteiger charge is -2.52. The number of hydrogen-bond donors (Lipinski definition) is 5. The zero-order valence-electron chi connectivity index (χ0n) is 25.6. The summed E-state index contributed by atoms with van der Waals surface area (Å²) in [4.78, 5) is 20.2. The van der Waals surface area contributed by atoms with Crippen LogP contribution in [0.3, 0.4) is 0 Å². The van der Waals surface area contributed by atoms with Crippen LogP contribution in [0.15, 0.2) is 34.6 Å². The van der Waals surface area contributed by atoms with Gasteiger partial charge in [-0.15, -0.1) is 0 Å². The van der Waals surface area contributed by atoms with Crippen LogP contribution in [0.2, 0.25) is 0 Å². The quantitative estimate of drug-likeness (QED) is 0.258. The molecule has 1 saturated heterocycles. The molecule has 3 aliphatic heterocycles. The van der Waals surface area contributed by atoms with Gasteiger partial charge >= 0.3 is 0 Å². The van der Waals surface area contributed by atoms with Gasteiger partial charge in [0.1, 0.15) is 17.3 Å². The Labute approximate surface area is 250 Å². The summed E-state index contributed by atoms with van der Waals surface area (Å²) in [6, 6.07) is 5.97. The number of carbonyl (C=O) groups excluding carboxylic acids is 1. The van der Waals surface area contributed by atoms with Gasteiger partial charge in [-0.3, -0.25) is 20.7 Å². The van der Waals surface area contributed by atoms with Crippen molar-refractivity contribution in [3.63, 3.8) is 0 Å². The summed E-state index contributed by atoms with van der Waals surface area (Å²) >= 11 is 0. The standard InChI is InChI=1S/C29H48N8O4S/c1-6-21-18-35(4)26-27(37(21)22-9-7-8-10-22)33-29(30,34-28(26)38)32-24-12-11-23(15-25(24)41-5)42(39,40)14-13-36-16-19(2)31-20(3)17-36/h11-12,15,19-22,31-33H,6-10,13-14,16-18,30H2,1-5H3,(H,34,38)/t19?,20?,21?,29-/m0/s1. The Bertz CT molecular complexity index is 1290. The monoisotopic (exact) mass is 604 g/mol. The van der Waals surface area contributed by atoms with Gasteiger partial charge in [0.05, 0.1) is 23.4 Å². The number of ether oxygens (including phenoxy) is 1. The van der Waals surface area contributed by atoms with E-state index in [0.29, 0.717) is 41.8 Å². The molecule has 5 rings (SSSR count). The molecule has 3 unspecified atom stereocenters. The second-order valence-corrected chi connectivity index (χ2v) is 14.5. The van der Waals surface area contributed by atoms with Gasteiger partial charge in [-0.2, -0.15) is 0 Å². The number of likely N-dealkylation sites (N-methyl/N-ethyl adjacent to an activating group) is 1. The fourth-order valence-electron chi connectivity index (χ4n) is 7.06. The number of rotatable bonds is 9. The largest absolute Gasteiger partial charge is 0.495 e. The minimum atomic E-state index is -3.55. The Morgan fingerprint density at radius 1 is 1.12 bits per heavy atom. The number of piperazine rings is 1. The zero-order valence-corrected chi connectivity index (χ0v) is 26.4. The predicted octanol–water partition coefficient (Wildman–Crippen LogP) is 0.990. The molecule has 1 amide bonds. The molecular formula is C29H48N8O4S. The number of amides is 1. The van der Waals surface area contributed by atoms with Crippen molar-refractivity contribution in [2.45, 2.75) is 87.8 Å². The van der Waals surface area contributed by atoms with Crippen molar-refractivity contribution in [3.8, 4) is 5.75 Å². The number of nitrogens with zero attached hydrogens (tertiary/aromatic N) is 3. The Balaban J connectivity index is 1.35. The SMILES string of the molecule is CCC1CN(C)C2=C(N[C@](N)(Nc3ccc(S(=O)(=O)CCN4CC(C)NC(C)C4)cc3OC)NC2=O)N1C1CCCC1. The van der Waals surface area contributed by atoms with Crippen LogP contribution in [-0.4, -0.2) is 105 Å². The number of sulfone groups is 1. The maximum atomic E-state index is 13.5. The van der Waals surface area contributed by atoms with E-state index in [1.54, 1.807) is 12.1 Å². The number of hydrogen-bond acceptors (Lipinski definition) is 11. The van der Waals surface area contributed by atoms with Crippen LogP contribution in [0, 0.1) is 0 Å². The van der Waals surface area contributed by atoms with Crippen molar-refractivity contribution in [1.82, 2.24) is 30.7 Å². The van der Waals surface area contributed by atoms with Crippen LogP contribution in [0.4, 0.5) is 5.69 Å². The maximum Gasteiger partial charge on any atom is 0.275 e. The molecule has 6 N–H and O–H groups in total. The molecule has 1 saturated carbocycles. The van der Waals surface area contributed by atoms with Crippen molar-refractivity contribution < 1.29 is 17.9 Å². The van der Waals surface area contributed by atoms with Gasteiger partial charge in [0.15, 0.2) is 9.84 Å². The van der Waals surface area contributed by atoms with Gasteiger partial charge in [-0.25, -0.2) is 8.42 Å². The third kappa shape index (κ3) is 6.29. The smallest absolute Gasteiger partial charge is 0.275 e. The third-order valence-electron chi connectivity index (χ3n) is 8.95. The Morgan fingerprint density at radius 3 is 2.45 bits per heavy atom. The topological polar surface area (TPSA) is 144 Å². The summed E-state index contributed by atoms with van der Waals surface area (Å²) in [6.07, 6.45) is 5.47. The second-order valence-electron chi connectivity index (χ2n) is 12.4. The van der Waals surface area contributed by atoms with Gasteiger partial charge < -0.3 is 30.5 Å². The molecule has 12 nitrogen and oxygen atoms in total. The summed E-state index contributed by atoms with van der Waals surface area (Å²) in [7, 11) is -0.130. The highest BCUT2D eigenvalue weighted by Crippen LogP contribution is 2.36. The van der Waals surface area contributed by atoms with E-state index in [-0.39, 0.29) is 22.6 Å². The molecule has 42 heavy (non-hydrogen) atoms. The molecule has 3 heterocycles. The van der Waals surface area contributed by atoms with Gasteiger partial charge in [-0.1, -0.05) is 19.8 Å². The van der Waals surface area contributed by atoms with Gasteiger partial charge in [0.2, 0.25) is 5.91 Å². The fourth-order valence-corrected chi connectivity index (χ4v) is 8.36. The molecule has 0 bridgehead atoms. The van der Waals surface area contributed by atoms with Crippen molar-refractivity contribution in [3.05, 3.63) is 29.7 Å². The van der Waals surface area contributed by atoms with E-state index in [0.717, 1.165) is 44.7 Å². The molecule has 4 atom stereocenters. The van der Waals surface area contributed by atoms with Gasteiger partial charge in [0.25, 0.3) is 5.91 Å². The number of nitrogens with two attached hydrogens (primary N) is 1. The molecule has 13 heteroatoms. The lowest BCUT2D eigenvalue weighted by atomic mass is 10.0. The highest BCUT2D eigenvalue weighted by molar-refractivity contribution is 7.91. The normalized spacial score (nSPS) is 29.3. The van der Waals surface area contributed by atoms with Crippen LogP contribution in [0.25, 0.3) is 0 Å². The first-order valence-corrected chi connectivity index (χ1v) is 16.9. The van der Waals surface area contributed by atoms with E-state index in [1.807, 2.05) is 11.9 Å². The summed E-state index contributed by atoms with van der Waals surface area (Å²) < 4.78 is 32.2. The highest BCUT2D eigenvalue weighted by atomic mass is 32.2. The number of nitrogens with one attached hydrogen (secondary N) is 4. The first-order valence-electron chi connectivity index (χ1n) is 15.2. The minimum absolute atomic E-state index is 0.0147. The van der Waals surface area contributed by atoms with Gasteiger partial charge in [0, 0.05) is 63.5 Å². The number of carbonyl (C=O) groups is 1. The molecule has 1 aliphatic carbocycles. The minimum Gasteiger partial charge on any atom is -0.495 e. The summed E-state index contributed by atoms with van der Waals surface area (Å²) in [5.74, 6) is -0.724. The average Bonchev–Trinajstić information content (AvgIpc) is 3.45. The van der Waals surface area contributed by atoms with Crippen LogP contribution in [0.5, 0.6) is 5.75 Å². The van der Waals surface area contributed by atoms with E-state index >= 15 is 0 Å².